The molecule has 0 aliphatic carbocycles. The summed E-state index contributed by atoms with van der Waals surface area (Å²) < 4.78 is 31.7. The number of aliphatic carboxylic acids is 1. The molecule has 204 valence electrons. The molecule has 0 aromatic rings. The van der Waals surface area contributed by atoms with Gasteiger partial charge in [0.15, 0.2) is 0 Å². The lowest BCUT2D eigenvalue weighted by atomic mass is 10.0. The number of nitrogens with zero attached hydrogens (tertiary/aromatic N) is 4. The van der Waals surface area contributed by atoms with Crippen LogP contribution in [0, 0.1) is 0 Å². The Morgan fingerprint density at radius 2 is 1.66 bits per heavy atom. The minimum atomic E-state index is -5.08. The second-order valence-electron chi connectivity index (χ2n) is 9.08. The number of likely N-dealkylation sites (N-methyl/N-ethyl adjacent to an activating group) is 1. The van der Waals surface area contributed by atoms with E-state index in [2.05, 4.69) is 27.1 Å². The zero-order chi connectivity index (χ0) is 26.4. The van der Waals surface area contributed by atoms with Crippen LogP contribution in [0.4, 0.5) is 13.2 Å². The van der Waals surface area contributed by atoms with E-state index >= 15 is 0 Å². The van der Waals surface area contributed by atoms with Gasteiger partial charge in [0.1, 0.15) is 0 Å². The summed E-state index contributed by atoms with van der Waals surface area (Å²) in [6.07, 6.45) is 0.609. The lowest BCUT2D eigenvalue weighted by Crippen LogP contribution is -2.55. The van der Waals surface area contributed by atoms with Crippen molar-refractivity contribution in [2.75, 3.05) is 79.5 Å². The first-order valence-electron chi connectivity index (χ1n) is 12.1. The quantitative estimate of drug-likeness (QED) is 0.294. The van der Waals surface area contributed by atoms with Gasteiger partial charge < -0.3 is 30.9 Å². The van der Waals surface area contributed by atoms with Crippen LogP contribution in [0.25, 0.3) is 0 Å². The predicted octanol–water partition coefficient (Wildman–Crippen LogP) is 0.0351. The third kappa shape index (κ3) is 12.5. The Hall–Kier alpha value is -1.96. The maximum absolute atomic E-state index is 12.4. The molecule has 0 radical (unpaired) electrons. The average Bonchev–Trinajstić information content (AvgIpc) is 2.81. The molecule has 2 rings (SSSR count). The Morgan fingerprint density at radius 1 is 1.06 bits per heavy atom. The second kappa shape index (κ2) is 15.9. The van der Waals surface area contributed by atoms with Crippen molar-refractivity contribution in [3.8, 4) is 0 Å². The molecule has 1 atom stereocenters. The number of amides is 2. The fourth-order valence-electron chi connectivity index (χ4n) is 4.05. The molecule has 0 spiro atoms. The Kier molecular flexibility index (Phi) is 14.1. The van der Waals surface area contributed by atoms with Gasteiger partial charge in [-0.25, -0.2) is 4.79 Å². The summed E-state index contributed by atoms with van der Waals surface area (Å²) in [7, 11) is 4.26. The van der Waals surface area contributed by atoms with Crippen LogP contribution in [0.1, 0.15) is 32.1 Å². The van der Waals surface area contributed by atoms with Crippen LogP contribution < -0.4 is 11.1 Å². The van der Waals surface area contributed by atoms with E-state index in [0.29, 0.717) is 32.2 Å². The maximum Gasteiger partial charge on any atom is 0.490 e. The summed E-state index contributed by atoms with van der Waals surface area (Å²) in [5, 5.41) is 9.90. The van der Waals surface area contributed by atoms with Crippen LogP contribution in [-0.2, 0) is 14.4 Å². The van der Waals surface area contributed by atoms with E-state index in [1.165, 1.54) is 25.8 Å². The van der Waals surface area contributed by atoms with Gasteiger partial charge >= 0.3 is 24.0 Å². The van der Waals surface area contributed by atoms with Crippen molar-refractivity contribution in [3.63, 3.8) is 0 Å². The standard InChI is InChI=1S/C20H40N6O2.C2HF3O2/c1-23(10-5-8-21)11-6-9-22-19(27)20(28)26-15-13-25(14-16-26)17-18-7-3-4-12-24(18)2;3-2(4,5)1(6)7/h18H,3-17,21H2,1-2H3,(H,22,27);(H,6,7). The van der Waals surface area contributed by atoms with Crippen molar-refractivity contribution < 1.29 is 32.7 Å². The van der Waals surface area contributed by atoms with Crippen molar-refractivity contribution in [1.82, 2.24) is 24.9 Å². The van der Waals surface area contributed by atoms with Crippen LogP contribution in [-0.4, -0.2) is 134 Å². The van der Waals surface area contributed by atoms with Gasteiger partial charge in [0.2, 0.25) is 0 Å². The van der Waals surface area contributed by atoms with Crippen LogP contribution in [0.15, 0.2) is 0 Å². The number of piperazine rings is 1. The van der Waals surface area contributed by atoms with Gasteiger partial charge in [0, 0.05) is 45.3 Å². The highest BCUT2D eigenvalue weighted by molar-refractivity contribution is 6.35. The van der Waals surface area contributed by atoms with Crippen molar-refractivity contribution in [1.29, 1.82) is 0 Å². The summed E-state index contributed by atoms with van der Waals surface area (Å²) in [6, 6.07) is 0.627. The van der Waals surface area contributed by atoms with Gasteiger partial charge in [-0.1, -0.05) is 6.42 Å². The van der Waals surface area contributed by atoms with Gasteiger partial charge in [-0.15, -0.1) is 0 Å². The zero-order valence-corrected chi connectivity index (χ0v) is 20.9. The number of nitrogens with two attached hydrogens (primary N) is 1. The lowest BCUT2D eigenvalue weighted by molar-refractivity contribution is -0.192. The minimum Gasteiger partial charge on any atom is -0.475 e. The molecule has 2 amide bonds. The number of piperidine rings is 1. The van der Waals surface area contributed by atoms with E-state index in [1.807, 2.05) is 7.05 Å². The molecule has 35 heavy (non-hydrogen) atoms. The Balaban J connectivity index is 0.000000762. The number of alkyl halides is 3. The molecule has 0 bridgehead atoms. The normalized spacial score (nSPS) is 19.7. The number of likely N-dealkylation sites (tertiary alicyclic amines) is 1. The Labute approximate surface area is 205 Å². The summed E-state index contributed by atoms with van der Waals surface area (Å²) >= 11 is 0. The van der Waals surface area contributed by atoms with Crippen LogP contribution in [0.5, 0.6) is 0 Å². The molecular weight excluding hydrogens is 469 g/mol. The fraction of sp³-hybridized carbons (Fsp3) is 0.864. The summed E-state index contributed by atoms with van der Waals surface area (Å²) in [5.41, 5.74) is 5.51. The molecule has 10 nitrogen and oxygen atoms in total. The first-order chi connectivity index (χ1) is 16.5. The maximum atomic E-state index is 12.4. The number of carboxylic acids is 1. The highest BCUT2D eigenvalue weighted by atomic mass is 19.4. The van der Waals surface area contributed by atoms with Crippen molar-refractivity contribution in [3.05, 3.63) is 0 Å². The molecule has 0 aromatic carbocycles. The summed E-state index contributed by atoms with van der Waals surface area (Å²) in [4.78, 5) is 42.2. The van der Waals surface area contributed by atoms with Crippen molar-refractivity contribution in [2.45, 2.75) is 44.3 Å². The first-order valence-corrected chi connectivity index (χ1v) is 12.1. The summed E-state index contributed by atoms with van der Waals surface area (Å²) in [5.74, 6) is -3.61. The van der Waals surface area contributed by atoms with Gasteiger partial charge in [0.25, 0.3) is 0 Å². The number of nitrogens with one attached hydrogen (secondary N) is 1. The lowest BCUT2D eigenvalue weighted by Gasteiger charge is -2.40. The third-order valence-electron chi connectivity index (χ3n) is 6.23. The van der Waals surface area contributed by atoms with Gasteiger partial charge in [0.05, 0.1) is 0 Å². The van der Waals surface area contributed by atoms with E-state index in [-0.39, 0.29) is 5.91 Å². The molecule has 0 aromatic heterocycles. The van der Waals surface area contributed by atoms with Gasteiger partial charge in [-0.3, -0.25) is 14.5 Å². The van der Waals surface area contributed by atoms with Crippen molar-refractivity contribution >= 4 is 17.8 Å². The highest BCUT2D eigenvalue weighted by Gasteiger charge is 2.38. The van der Waals surface area contributed by atoms with E-state index < -0.39 is 18.1 Å². The second-order valence-corrected chi connectivity index (χ2v) is 9.08. The highest BCUT2D eigenvalue weighted by Crippen LogP contribution is 2.17. The molecule has 2 aliphatic heterocycles. The molecule has 13 heteroatoms. The summed E-state index contributed by atoms with van der Waals surface area (Å²) in [6.45, 7) is 8.34. The Morgan fingerprint density at radius 3 is 2.20 bits per heavy atom. The van der Waals surface area contributed by atoms with Gasteiger partial charge in [-0.2, -0.15) is 13.2 Å². The fourth-order valence-corrected chi connectivity index (χ4v) is 4.05. The number of halogens is 3. The molecule has 1 unspecified atom stereocenters. The van der Waals surface area contributed by atoms with Crippen molar-refractivity contribution in [2.24, 2.45) is 5.73 Å². The van der Waals surface area contributed by atoms with E-state index in [9.17, 15) is 22.8 Å². The largest absolute Gasteiger partial charge is 0.490 e. The molecular formula is C22H41F3N6O4. The smallest absolute Gasteiger partial charge is 0.475 e. The number of carbonyl (C=O) groups is 3. The minimum absolute atomic E-state index is 0.383. The number of carboxylic acid groups (broad SMARTS) is 1. The zero-order valence-electron chi connectivity index (χ0n) is 20.9. The first kappa shape index (κ1) is 31.1. The van der Waals surface area contributed by atoms with Crippen LogP contribution in [0.2, 0.25) is 0 Å². The number of hydrogen-bond acceptors (Lipinski definition) is 7. The SMILES string of the molecule is CN(CCCN)CCCNC(=O)C(=O)N1CCN(CC2CCCCN2C)CC1.O=C(O)C(F)(F)F. The van der Waals surface area contributed by atoms with Gasteiger partial charge in [-0.05, 0) is 66.0 Å². The molecule has 4 N–H and O–H groups in total. The van der Waals surface area contributed by atoms with Crippen LogP contribution >= 0.6 is 0 Å². The average molecular weight is 511 g/mol. The molecule has 2 heterocycles. The molecule has 2 saturated heterocycles. The third-order valence-corrected chi connectivity index (χ3v) is 6.23. The molecule has 2 fully saturated rings. The Bertz CT molecular complexity index is 660. The van der Waals surface area contributed by atoms with Crippen LogP contribution in [0.3, 0.4) is 0 Å². The van der Waals surface area contributed by atoms with E-state index in [1.54, 1.807) is 4.90 Å². The van der Waals surface area contributed by atoms with E-state index in [4.69, 9.17) is 15.6 Å². The topological polar surface area (TPSA) is 122 Å². The number of rotatable bonds is 9. The predicted molar refractivity (Wildman–Crippen MR) is 126 cm³/mol. The van der Waals surface area contributed by atoms with E-state index in [0.717, 1.165) is 45.6 Å². The monoisotopic (exact) mass is 510 g/mol. The molecule has 0 saturated carbocycles. The molecule has 2 aliphatic rings. The number of carbonyl (C=O) groups excluding carboxylic acids is 2. The number of hydrogen-bond donors (Lipinski definition) is 3.